The van der Waals surface area contributed by atoms with Crippen molar-refractivity contribution < 1.29 is 0 Å². The second-order valence-corrected chi connectivity index (χ2v) is 6.15. The molecular weight excluding hydrogens is 332 g/mol. The highest BCUT2D eigenvalue weighted by Gasteiger charge is 2.03. The van der Waals surface area contributed by atoms with Crippen molar-refractivity contribution in [1.82, 2.24) is 15.6 Å². The number of rotatable bonds is 5. The molecule has 0 saturated carbocycles. The van der Waals surface area contributed by atoms with E-state index >= 15 is 0 Å². The van der Waals surface area contributed by atoms with E-state index in [0.29, 0.717) is 6.54 Å². The van der Waals surface area contributed by atoms with Crippen LogP contribution in [-0.4, -0.2) is 24.5 Å². The summed E-state index contributed by atoms with van der Waals surface area (Å²) in [7, 11) is 1.78. The summed E-state index contributed by atoms with van der Waals surface area (Å²) in [6.45, 7) is 1.50. The van der Waals surface area contributed by atoms with Gasteiger partial charge >= 0.3 is 0 Å². The van der Waals surface area contributed by atoms with Crippen LogP contribution in [0.1, 0.15) is 11.1 Å². The lowest BCUT2D eigenvalue weighted by Gasteiger charge is -2.13. The Balaban J connectivity index is 1.54. The Morgan fingerprint density at radius 3 is 2.64 bits per heavy atom. The summed E-state index contributed by atoms with van der Waals surface area (Å²) in [4.78, 5) is 8.68. The minimum atomic E-state index is 0.698. The van der Waals surface area contributed by atoms with Crippen LogP contribution < -0.4 is 10.6 Å². The summed E-state index contributed by atoms with van der Waals surface area (Å²) >= 11 is 5.91. The molecule has 1 aromatic heterocycles. The van der Waals surface area contributed by atoms with E-state index in [-0.39, 0.29) is 0 Å². The zero-order valence-corrected chi connectivity index (χ0v) is 14.9. The SMILES string of the molecule is CN=C(NCCc1ccc(Cl)cc1)NCc1ccnc2ccccc12. The Morgan fingerprint density at radius 1 is 1.04 bits per heavy atom. The number of pyridine rings is 1. The van der Waals surface area contributed by atoms with Gasteiger partial charge in [0.15, 0.2) is 5.96 Å². The van der Waals surface area contributed by atoms with Crippen LogP contribution in [0.2, 0.25) is 5.02 Å². The van der Waals surface area contributed by atoms with E-state index in [9.17, 15) is 0 Å². The third-order valence-corrected chi connectivity index (χ3v) is 4.28. The number of benzene rings is 2. The predicted octanol–water partition coefficient (Wildman–Crippen LogP) is 3.80. The van der Waals surface area contributed by atoms with Gasteiger partial charge in [-0.05, 0) is 41.8 Å². The molecule has 0 saturated heterocycles. The van der Waals surface area contributed by atoms with Gasteiger partial charge in [-0.15, -0.1) is 0 Å². The molecule has 0 bridgehead atoms. The number of para-hydroxylation sites is 1. The van der Waals surface area contributed by atoms with Gasteiger partial charge in [-0.1, -0.05) is 41.9 Å². The van der Waals surface area contributed by atoms with E-state index in [4.69, 9.17) is 11.6 Å². The van der Waals surface area contributed by atoms with Crippen molar-refractivity contribution in [2.75, 3.05) is 13.6 Å². The monoisotopic (exact) mass is 352 g/mol. The predicted molar refractivity (Wildman–Crippen MR) is 105 cm³/mol. The van der Waals surface area contributed by atoms with Gasteiger partial charge in [0.1, 0.15) is 0 Å². The molecule has 0 radical (unpaired) electrons. The van der Waals surface area contributed by atoms with E-state index in [1.54, 1.807) is 7.05 Å². The number of guanidine groups is 1. The number of hydrogen-bond acceptors (Lipinski definition) is 2. The van der Waals surface area contributed by atoms with Gasteiger partial charge in [0.25, 0.3) is 0 Å². The van der Waals surface area contributed by atoms with Crippen molar-refractivity contribution >= 4 is 28.5 Å². The van der Waals surface area contributed by atoms with Crippen molar-refractivity contribution in [1.29, 1.82) is 0 Å². The van der Waals surface area contributed by atoms with Crippen molar-refractivity contribution in [2.24, 2.45) is 4.99 Å². The molecule has 2 aromatic carbocycles. The fraction of sp³-hybridized carbons (Fsp3) is 0.200. The lowest BCUT2D eigenvalue weighted by atomic mass is 10.1. The normalized spacial score (nSPS) is 11.5. The lowest BCUT2D eigenvalue weighted by Crippen LogP contribution is -2.37. The minimum Gasteiger partial charge on any atom is -0.356 e. The molecule has 0 fully saturated rings. The first-order valence-corrected chi connectivity index (χ1v) is 8.65. The molecule has 3 aromatic rings. The molecule has 5 heteroatoms. The van der Waals surface area contributed by atoms with Crippen LogP contribution in [0, 0.1) is 0 Å². The van der Waals surface area contributed by atoms with E-state index in [2.05, 4.69) is 26.7 Å². The van der Waals surface area contributed by atoms with Crippen LogP contribution in [-0.2, 0) is 13.0 Å². The highest BCUT2D eigenvalue weighted by Crippen LogP contribution is 2.15. The summed E-state index contributed by atoms with van der Waals surface area (Å²) in [5.74, 6) is 0.787. The summed E-state index contributed by atoms with van der Waals surface area (Å²) in [5, 5.41) is 8.63. The molecule has 25 heavy (non-hydrogen) atoms. The van der Waals surface area contributed by atoms with Crippen molar-refractivity contribution in [3.05, 3.63) is 76.9 Å². The summed E-state index contributed by atoms with van der Waals surface area (Å²) < 4.78 is 0. The number of nitrogens with one attached hydrogen (secondary N) is 2. The molecule has 4 nitrogen and oxygen atoms in total. The van der Waals surface area contributed by atoms with Gasteiger partial charge < -0.3 is 10.6 Å². The Bertz CT molecular complexity index is 854. The maximum absolute atomic E-state index is 5.91. The first-order valence-electron chi connectivity index (χ1n) is 8.28. The molecule has 2 N–H and O–H groups in total. The number of nitrogens with zero attached hydrogens (tertiary/aromatic N) is 2. The molecule has 128 valence electrons. The highest BCUT2D eigenvalue weighted by molar-refractivity contribution is 6.30. The maximum atomic E-state index is 5.91. The molecule has 3 rings (SSSR count). The van der Waals surface area contributed by atoms with Crippen LogP contribution in [0.3, 0.4) is 0 Å². The number of halogens is 1. The quantitative estimate of drug-likeness (QED) is 0.542. The van der Waals surface area contributed by atoms with Crippen molar-refractivity contribution in [2.45, 2.75) is 13.0 Å². The molecule has 0 aliphatic rings. The minimum absolute atomic E-state index is 0.698. The summed E-state index contributed by atoms with van der Waals surface area (Å²) in [6.07, 6.45) is 2.76. The van der Waals surface area contributed by atoms with Gasteiger partial charge in [-0.2, -0.15) is 0 Å². The molecule has 1 heterocycles. The van der Waals surface area contributed by atoms with Gasteiger partial charge in [0.2, 0.25) is 0 Å². The number of aliphatic imine (C=N–C) groups is 1. The fourth-order valence-electron chi connectivity index (χ4n) is 2.69. The first kappa shape index (κ1) is 17.2. The number of hydrogen-bond donors (Lipinski definition) is 2. The summed E-state index contributed by atoms with van der Waals surface area (Å²) in [6, 6.07) is 18.1. The average Bonchev–Trinajstić information content (AvgIpc) is 2.66. The number of fused-ring (bicyclic) bond motifs is 1. The van der Waals surface area contributed by atoms with Crippen molar-refractivity contribution in [3.8, 4) is 0 Å². The molecule has 0 aliphatic heterocycles. The zero-order valence-electron chi connectivity index (χ0n) is 14.2. The first-order chi connectivity index (χ1) is 12.3. The topological polar surface area (TPSA) is 49.3 Å². The van der Waals surface area contributed by atoms with Crippen LogP contribution in [0.15, 0.2) is 65.8 Å². The molecular formula is C20H21ClN4. The van der Waals surface area contributed by atoms with E-state index in [1.807, 2.05) is 54.7 Å². The van der Waals surface area contributed by atoms with E-state index in [0.717, 1.165) is 34.9 Å². The second kappa shape index (κ2) is 8.49. The third kappa shape index (κ3) is 4.70. The summed E-state index contributed by atoms with van der Waals surface area (Å²) in [5.41, 5.74) is 3.45. The molecule has 0 aliphatic carbocycles. The fourth-order valence-corrected chi connectivity index (χ4v) is 2.81. The lowest BCUT2D eigenvalue weighted by molar-refractivity contribution is 0.796. The smallest absolute Gasteiger partial charge is 0.191 e. The van der Waals surface area contributed by atoms with Crippen molar-refractivity contribution in [3.63, 3.8) is 0 Å². The van der Waals surface area contributed by atoms with E-state index < -0.39 is 0 Å². The van der Waals surface area contributed by atoms with Gasteiger partial charge in [-0.3, -0.25) is 9.98 Å². The van der Waals surface area contributed by atoms with Crippen LogP contribution in [0.5, 0.6) is 0 Å². The van der Waals surface area contributed by atoms with Crippen LogP contribution in [0.25, 0.3) is 10.9 Å². The second-order valence-electron chi connectivity index (χ2n) is 5.72. The zero-order chi connectivity index (χ0) is 17.5. The van der Waals surface area contributed by atoms with E-state index in [1.165, 1.54) is 11.1 Å². The Kier molecular flexibility index (Phi) is 5.86. The molecule has 0 amide bonds. The van der Waals surface area contributed by atoms with Gasteiger partial charge in [0.05, 0.1) is 5.52 Å². The highest BCUT2D eigenvalue weighted by atomic mass is 35.5. The standard InChI is InChI=1S/C20H21ClN4/c1-22-20(24-12-10-15-6-8-17(21)9-7-15)25-14-16-11-13-23-19-5-3-2-4-18(16)19/h2-9,11,13H,10,12,14H2,1H3,(H2,22,24,25). The average molecular weight is 353 g/mol. The van der Waals surface area contributed by atoms with Gasteiger partial charge in [-0.25, -0.2) is 0 Å². The number of aromatic nitrogens is 1. The molecule has 0 spiro atoms. The Hall–Kier alpha value is -2.59. The largest absolute Gasteiger partial charge is 0.356 e. The maximum Gasteiger partial charge on any atom is 0.191 e. The van der Waals surface area contributed by atoms with Crippen LogP contribution in [0.4, 0.5) is 0 Å². The third-order valence-electron chi connectivity index (χ3n) is 4.03. The molecule has 0 unspecified atom stereocenters. The van der Waals surface area contributed by atoms with Gasteiger partial charge in [0, 0.05) is 36.7 Å². The Morgan fingerprint density at radius 2 is 1.84 bits per heavy atom. The Labute approximate surface area is 153 Å². The van der Waals surface area contributed by atoms with Crippen LogP contribution >= 0.6 is 11.6 Å². The molecule has 0 atom stereocenters.